The first-order valence-electron chi connectivity index (χ1n) is 17.0. The van der Waals surface area contributed by atoms with Crippen LogP contribution in [0.1, 0.15) is 80.8 Å². The molecule has 1 N–H and O–H groups in total. The molecule has 46 heavy (non-hydrogen) atoms. The summed E-state index contributed by atoms with van der Waals surface area (Å²) in [4.78, 5) is 16.0. The van der Waals surface area contributed by atoms with Gasteiger partial charge in [0.25, 0.3) is 5.91 Å². The quantitative estimate of drug-likeness (QED) is 0.180. The van der Waals surface area contributed by atoms with Crippen LogP contribution < -0.4 is 14.4 Å². The first-order valence-corrected chi connectivity index (χ1v) is 18.6. The highest BCUT2D eigenvalue weighted by atomic mass is 35.5. The standard InChI is InChI=1S/C37H51ClN2O5S/c1-6-8-26-19-30(38)13-15-31(26)29-22-40-21-28-11-14-32(28)34(44-18-17-43-5)10-7-9-25(4)36(24(2)3)46(42)39-37(41)27-12-16-35(45-23-29)33(40)20-27/h7,10,12-13,15-16,19-20,24-25,28-29,32,34,36H,6,8-9,11,14,17-18,21-23H2,1-5H3,(H,39,41)/b10-7+/t25-,28?,29?,32?,34?,36?,46?/m1/s1. The van der Waals surface area contributed by atoms with Crippen LogP contribution >= 0.6 is 11.6 Å². The summed E-state index contributed by atoms with van der Waals surface area (Å²) < 4.78 is 34.8. The van der Waals surface area contributed by atoms with E-state index < -0.39 is 11.4 Å². The fourth-order valence-corrected chi connectivity index (χ4v) is 9.14. The molecular formula is C37H51ClN2O5S. The molecule has 1 fully saturated rings. The first-order chi connectivity index (χ1) is 22.2. The van der Waals surface area contributed by atoms with E-state index in [1.807, 2.05) is 18.2 Å². The summed E-state index contributed by atoms with van der Waals surface area (Å²) >= 11 is 4.90. The van der Waals surface area contributed by atoms with Gasteiger partial charge >= 0.3 is 0 Å². The summed E-state index contributed by atoms with van der Waals surface area (Å²) in [5.74, 6) is 1.61. The highest BCUT2D eigenvalue weighted by Crippen LogP contribution is 2.43. The van der Waals surface area contributed by atoms with Gasteiger partial charge in [0.1, 0.15) is 11.0 Å². The van der Waals surface area contributed by atoms with Gasteiger partial charge in [-0.3, -0.25) is 4.79 Å². The highest BCUT2D eigenvalue weighted by molar-refractivity contribution is 7.90. The Hall–Kier alpha value is -2.23. The van der Waals surface area contributed by atoms with Crippen LogP contribution in [0.25, 0.3) is 0 Å². The van der Waals surface area contributed by atoms with Crippen LogP contribution in [-0.2, 0) is 27.3 Å². The third-order valence-electron chi connectivity index (χ3n) is 9.95. The van der Waals surface area contributed by atoms with Gasteiger partial charge in [0.2, 0.25) is 0 Å². The van der Waals surface area contributed by atoms with Crippen molar-refractivity contribution in [2.75, 3.05) is 44.9 Å². The van der Waals surface area contributed by atoms with Gasteiger partial charge in [-0.15, -0.1) is 0 Å². The monoisotopic (exact) mass is 670 g/mol. The van der Waals surface area contributed by atoms with Crippen LogP contribution in [0.15, 0.2) is 48.6 Å². The number of benzene rings is 2. The van der Waals surface area contributed by atoms with E-state index in [-0.39, 0.29) is 35.0 Å². The van der Waals surface area contributed by atoms with E-state index >= 15 is 0 Å². The molecule has 3 aliphatic rings. The lowest BCUT2D eigenvalue weighted by Crippen LogP contribution is -2.45. The number of anilines is 1. The van der Waals surface area contributed by atoms with Gasteiger partial charge in [0.15, 0.2) is 0 Å². The number of hydrogen-bond acceptors (Lipinski definition) is 6. The van der Waals surface area contributed by atoms with E-state index in [4.69, 9.17) is 25.8 Å². The second-order valence-corrected chi connectivity index (χ2v) is 15.4. The third kappa shape index (κ3) is 8.24. The second kappa shape index (κ2) is 16.2. The molecule has 252 valence electrons. The van der Waals surface area contributed by atoms with E-state index in [2.05, 4.69) is 61.6 Å². The third-order valence-corrected chi connectivity index (χ3v) is 12.1. The maximum atomic E-state index is 13.6. The molecule has 1 amide bonds. The normalized spacial score (nSPS) is 29.3. The van der Waals surface area contributed by atoms with Crippen LogP contribution in [0.2, 0.25) is 5.02 Å². The maximum Gasteiger partial charge on any atom is 0.292 e. The predicted octanol–water partition coefficient (Wildman–Crippen LogP) is 7.35. The molecule has 2 aliphatic heterocycles. The summed E-state index contributed by atoms with van der Waals surface area (Å²) in [6.45, 7) is 11.7. The van der Waals surface area contributed by atoms with Gasteiger partial charge in [0.05, 0.1) is 43.0 Å². The Morgan fingerprint density at radius 1 is 1.15 bits per heavy atom. The van der Waals surface area contributed by atoms with E-state index in [0.29, 0.717) is 37.2 Å². The van der Waals surface area contributed by atoms with Gasteiger partial charge < -0.3 is 23.7 Å². The van der Waals surface area contributed by atoms with E-state index in [0.717, 1.165) is 61.7 Å². The molecule has 1 saturated carbocycles. The smallest absolute Gasteiger partial charge is 0.292 e. The lowest BCUT2D eigenvalue weighted by atomic mass is 9.70. The Bertz CT molecular complexity index is 1360. The molecule has 2 heterocycles. The molecule has 0 saturated heterocycles. The van der Waals surface area contributed by atoms with Crippen LogP contribution in [0.5, 0.6) is 5.75 Å². The zero-order chi connectivity index (χ0) is 32.8. The van der Waals surface area contributed by atoms with Crippen molar-refractivity contribution < 1.29 is 23.6 Å². The number of carbonyl (C=O) groups excluding carboxylic acids is 1. The Morgan fingerprint density at radius 2 is 1.98 bits per heavy atom. The second-order valence-electron chi connectivity index (χ2n) is 13.6. The van der Waals surface area contributed by atoms with E-state index in [1.165, 1.54) is 11.1 Å². The summed E-state index contributed by atoms with van der Waals surface area (Å²) in [7, 11) is 1.70. The van der Waals surface area contributed by atoms with Crippen LogP contribution in [0.3, 0.4) is 0 Å². The van der Waals surface area contributed by atoms with Crippen molar-refractivity contribution in [3.8, 4) is 5.75 Å². The Labute approximate surface area is 283 Å². The molecule has 5 rings (SSSR count). The molecular weight excluding hydrogens is 620 g/mol. The summed E-state index contributed by atoms with van der Waals surface area (Å²) in [6, 6.07) is 11.9. The van der Waals surface area contributed by atoms with E-state index in [9.17, 15) is 9.35 Å². The number of nitrogens with zero attached hydrogens (tertiary/aromatic N) is 1. The summed E-state index contributed by atoms with van der Waals surface area (Å²) in [6.07, 6.45) is 9.36. The Morgan fingerprint density at radius 3 is 2.70 bits per heavy atom. The number of fused-ring (bicyclic) bond motifs is 2. The number of amides is 1. The number of methoxy groups -OCH3 is 1. The van der Waals surface area contributed by atoms with Gasteiger partial charge in [0, 0.05) is 48.5 Å². The Balaban J connectivity index is 1.53. The van der Waals surface area contributed by atoms with Crippen molar-refractivity contribution >= 4 is 34.6 Å². The van der Waals surface area contributed by atoms with Crippen molar-refractivity contribution in [1.82, 2.24) is 4.72 Å². The first kappa shape index (κ1) is 35.1. The minimum absolute atomic E-state index is 0.0195. The highest BCUT2D eigenvalue weighted by Gasteiger charge is 2.40. The van der Waals surface area contributed by atoms with Crippen molar-refractivity contribution in [2.24, 2.45) is 23.7 Å². The van der Waals surface area contributed by atoms with Crippen LogP contribution in [0.4, 0.5) is 5.69 Å². The van der Waals surface area contributed by atoms with Gasteiger partial charge in [-0.25, -0.2) is 0 Å². The van der Waals surface area contributed by atoms with Gasteiger partial charge in [-0.1, -0.05) is 63.9 Å². The molecule has 1 aliphatic carbocycles. The van der Waals surface area contributed by atoms with E-state index in [1.54, 1.807) is 13.2 Å². The summed E-state index contributed by atoms with van der Waals surface area (Å²) in [5.41, 5.74) is 3.93. The number of aryl methyl sites for hydroxylation is 1. The van der Waals surface area contributed by atoms with Crippen LogP contribution in [0, 0.1) is 23.7 Å². The van der Waals surface area contributed by atoms with Crippen molar-refractivity contribution in [1.29, 1.82) is 0 Å². The molecule has 6 unspecified atom stereocenters. The Kier molecular flexibility index (Phi) is 12.4. The molecule has 2 bridgehead atoms. The molecule has 7 atom stereocenters. The average Bonchev–Trinajstić information content (AvgIpc) is 3.18. The summed E-state index contributed by atoms with van der Waals surface area (Å²) in [5, 5.41) is 0.561. The topological polar surface area (TPSA) is 83.1 Å². The molecule has 2 aromatic carbocycles. The van der Waals surface area contributed by atoms with Gasteiger partial charge in [-0.05, 0) is 79.0 Å². The van der Waals surface area contributed by atoms with Crippen molar-refractivity contribution in [3.63, 3.8) is 0 Å². The lowest BCUT2D eigenvalue weighted by Gasteiger charge is -2.44. The predicted molar refractivity (Wildman–Crippen MR) is 187 cm³/mol. The number of halogens is 1. The van der Waals surface area contributed by atoms with Crippen LogP contribution in [-0.4, -0.2) is 61.8 Å². The number of allylic oxidation sites excluding steroid dienone is 1. The maximum absolute atomic E-state index is 13.6. The molecule has 7 nitrogen and oxygen atoms in total. The van der Waals surface area contributed by atoms with Crippen molar-refractivity contribution in [3.05, 3.63) is 70.3 Å². The largest absolute Gasteiger partial charge is 0.593 e. The average molecular weight is 671 g/mol. The molecule has 0 spiro atoms. The number of ether oxygens (including phenoxy) is 3. The lowest BCUT2D eigenvalue weighted by molar-refractivity contribution is -0.0308. The zero-order valence-corrected chi connectivity index (χ0v) is 29.6. The number of nitrogens with one attached hydrogen (secondary N) is 1. The SMILES string of the molecule is CCCc1cc(Cl)ccc1C1COc2ccc3cc2N(C1)CC1CCC1C(OCCOC)/C=C/C[C@@H](C)C(C(C)C)[S+]([O-])NC3=O. The molecule has 0 aromatic heterocycles. The minimum atomic E-state index is -1.55. The molecule has 2 aromatic rings. The minimum Gasteiger partial charge on any atom is -0.593 e. The van der Waals surface area contributed by atoms with Crippen molar-refractivity contribution in [2.45, 2.75) is 77.1 Å². The molecule has 9 heteroatoms. The molecule has 0 radical (unpaired) electrons. The number of rotatable bonds is 8. The fraction of sp³-hybridized carbons (Fsp3) is 0.595. The fourth-order valence-electron chi connectivity index (χ4n) is 7.48. The zero-order valence-electron chi connectivity index (χ0n) is 28.0. The number of hydrogen-bond donors (Lipinski definition) is 1. The van der Waals surface area contributed by atoms with Gasteiger partial charge in [-0.2, -0.15) is 4.72 Å². The number of carbonyl (C=O) groups is 1.